The molecule has 13 heteroatoms. The lowest BCUT2D eigenvalue weighted by Crippen LogP contribution is -2.54. The number of aromatic nitrogens is 1. The summed E-state index contributed by atoms with van der Waals surface area (Å²) in [5.41, 5.74) is 6.89. The van der Waals surface area contributed by atoms with E-state index in [2.05, 4.69) is 66.3 Å². The fourth-order valence-corrected chi connectivity index (χ4v) is 9.80. The number of hydrogen-bond donors (Lipinski definition) is 2. The third-order valence-corrected chi connectivity index (χ3v) is 13.1. The average Bonchev–Trinajstić information content (AvgIpc) is 3.77. The highest BCUT2D eigenvalue weighted by Gasteiger charge is 2.45. The molecule has 4 saturated heterocycles. The number of H-pyrrole nitrogens is 1. The largest absolute Gasteiger partial charge is 0.372 e. The van der Waals surface area contributed by atoms with Gasteiger partial charge in [0.1, 0.15) is 12.1 Å². The van der Waals surface area contributed by atoms with Crippen LogP contribution in [0, 0.1) is 17.2 Å². The van der Waals surface area contributed by atoms with Crippen LogP contribution < -0.4 is 20.0 Å². The number of rotatable bonds is 7. The van der Waals surface area contributed by atoms with Gasteiger partial charge in [-0.25, -0.2) is 0 Å². The van der Waals surface area contributed by atoms with E-state index in [1.807, 2.05) is 12.1 Å². The SMILES string of the molecule is N#Cc1c[nH]c2c(N3CCC(c4ccc(N5CCC(CN6CCN(c7ccc8c(c7)C(=O)N(C7CCC(=O)NC7=O)C8=O)CC6)CC5)cc4)CC3)ccc(Cl)c12. The molecule has 56 heavy (non-hydrogen) atoms. The number of hydrogen-bond acceptors (Lipinski definition) is 9. The van der Waals surface area contributed by atoms with Crippen LogP contribution in [0.3, 0.4) is 0 Å². The summed E-state index contributed by atoms with van der Waals surface area (Å²) in [4.78, 5) is 64.6. The predicted molar refractivity (Wildman–Crippen MR) is 215 cm³/mol. The molecule has 4 amide bonds. The van der Waals surface area contributed by atoms with E-state index in [1.165, 1.54) is 24.1 Å². The number of carbonyl (C=O) groups is 4. The highest BCUT2D eigenvalue weighted by atomic mass is 35.5. The second-order valence-electron chi connectivity index (χ2n) is 15.9. The van der Waals surface area contributed by atoms with E-state index in [0.717, 1.165) is 98.9 Å². The lowest BCUT2D eigenvalue weighted by atomic mass is 9.89. The number of carbonyl (C=O) groups excluding carboxylic acids is 4. The zero-order valence-electron chi connectivity index (χ0n) is 31.3. The standard InChI is InChI=1S/C43H45ClN8O4/c44-35-7-8-36(40-39(35)30(24-45)25-46-40)51-17-13-29(14-18-51)28-1-3-31(4-2-28)49-15-11-27(12-16-49)26-48-19-21-50(22-20-48)32-5-6-33-34(23-32)43(56)52(42(33)55)37-9-10-38(53)47-41(37)54/h1-8,23,25,27,29,37,46H,9-22,26H2,(H,47,53,54). The van der Waals surface area contributed by atoms with E-state index in [4.69, 9.17) is 11.6 Å². The van der Waals surface area contributed by atoms with Gasteiger partial charge < -0.3 is 19.7 Å². The highest BCUT2D eigenvalue weighted by molar-refractivity contribution is 6.36. The summed E-state index contributed by atoms with van der Waals surface area (Å²) in [6.45, 7) is 8.65. The van der Waals surface area contributed by atoms with Gasteiger partial charge >= 0.3 is 0 Å². The quantitative estimate of drug-likeness (QED) is 0.233. The van der Waals surface area contributed by atoms with Crippen LogP contribution in [0.1, 0.15) is 76.3 Å². The molecule has 12 nitrogen and oxygen atoms in total. The first-order valence-corrected chi connectivity index (χ1v) is 20.3. The van der Waals surface area contributed by atoms with Crippen molar-refractivity contribution < 1.29 is 19.2 Å². The molecule has 1 aromatic heterocycles. The van der Waals surface area contributed by atoms with E-state index in [0.29, 0.717) is 33.5 Å². The number of imide groups is 2. The fraction of sp³-hybridized carbons (Fsp3) is 0.419. The van der Waals surface area contributed by atoms with Crippen LogP contribution in [0.25, 0.3) is 10.9 Å². The van der Waals surface area contributed by atoms with Gasteiger partial charge in [-0.15, -0.1) is 0 Å². The monoisotopic (exact) mass is 772 g/mol. The molecule has 1 atom stereocenters. The Labute approximate surface area is 330 Å². The maximum Gasteiger partial charge on any atom is 0.262 e. The van der Waals surface area contributed by atoms with Crippen molar-refractivity contribution in [3.8, 4) is 6.07 Å². The van der Waals surface area contributed by atoms with E-state index in [-0.39, 0.29) is 18.7 Å². The minimum Gasteiger partial charge on any atom is -0.372 e. The lowest BCUT2D eigenvalue weighted by Gasteiger charge is -2.40. The smallest absolute Gasteiger partial charge is 0.262 e. The number of fused-ring (bicyclic) bond motifs is 2. The molecule has 4 aromatic rings. The number of halogens is 1. The Hall–Kier alpha value is -5.38. The number of nitriles is 1. The van der Waals surface area contributed by atoms with Crippen LogP contribution in [-0.2, 0) is 9.59 Å². The Morgan fingerprint density at radius 3 is 2.12 bits per heavy atom. The number of nitrogens with zero attached hydrogens (tertiary/aromatic N) is 6. The summed E-state index contributed by atoms with van der Waals surface area (Å²) in [6, 6.07) is 19.9. The maximum absolute atomic E-state index is 13.3. The topological polar surface area (TPSA) is 136 Å². The maximum atomic E-state index is 13.3. The van der Waals surface area contributed by atoms with Crippen molar-refractivity contribution in [3.05, 3.63) is 88.1 Å². The first-order valence-electron chi connectivity index (χ1n) is 19.9. The summed E-state index contributed by atoms with van der Waals surface area (Å²) in [5.74, 6) is -0.735. The summed E-state index contributed by atoms with van der Waals surface area (Å²) in [5, 5.41) is 13.2. The van der Waals surface area contributed by atoms with E-state index >= 15 is 0 Å². The van der Waals surface area contributed by atoms with Gasteiger partial charge in [0.15, 0.2) is 0 Å². The number of aromatic amines is 1. The number of benzene rings is 3. The Morgan fingerprint density at radius 2 is 1.41 bits per heavy atom. The van der Waals surface area contributed by atoms with Gasteiger partial charge in [0, 0.05) is 88.3 Å². The first kappa shape index (κ1) is 36.3. The van der Waals surface area contributed by atoms with E-state index in [9.17, 15) is 24.4 Å². The molecule has 288 valence electrons. The van der Waals surface area contributed by atoms with Gasteiger partial charge in [-0.3, -0.25) is 34.3 Å². The Kier molecular flexibility index (Phi) is 9.67. The highest BCUT2D eigenvalue weighted by Crippen LogP contribution is 2.38. The summed E-state index contributed by atoms with van der Waals surface area (Å²) >= 11 is 6.45. The Balaban J connectivity index is 0.733. The molecule has 0 radical (unpaired) electrons. The minimum absolute atomic E-state index is 0.104. The fourth-order valence-electron chi connectivity index (χ4n) is 9.54. The zero-order chi connectivity index (χ0) is 38.5. The van der Waals surface area contributed by atoms with Crippen molar-refractivity contribution in [2.75, 3.05) is 73.6 Å². The minimum atomic E-state index is -0.958. The van der Waals surface area contributed by atoms with E-state index in [1.54, 1.807) is 18.3 Å². The van der Waals surface area contributed by atoms with Crippen LogP contribution in [0.15, 0.2) is 60.8 Å². The molecule has 0 saturated carbocycles. The third kappa shape index (κ3) is 6.66. The molecule has 6 heterocycles. The number of piperazine rings is 1. The molecule has 1 unspecified atom stereocenters. The molecular formula is C43H45ClN8O4. The van der Waals surface area contributed by atoms with Crippen LogP contribution in [0.4, 0.5) is 17.1 Å². The van der Waals surface area contributed by atoms with Crippen molar-refractivity contribution in [1.82, 2.24) is 20.1 Å². The van der Waals surface area contributed by atoms with Crippen LogP contribution in [0.2, 0.25) is 5.02 Å². The van der Waals surface area contributed by atoms with Crippen LogP contribution >= 0.6 is 11.6 Å². The van der Waals surface area contributed by atoms with Gasteiger partial charge in [-0.2, -0.15) is 5.26 Å². The van der Waals surface area contributed by atoms with Crippen LogP contribution in [-0.4, -0.2) is 103 Å². The van der Waals surface area contributed by atoms with Gasteiger partial charge in [0.05, 0.1) is 32.9 Å². The number of nitrogens with one attached hydrogen (secondary N) is 2. The van der Waals surface area contributed by atoms with Gasteiger partial charge in [-0.05, 0) is 92.0 Å². The van der Waals surface area contributed by atoms with Crippen LogP contribution in [0.5, 0.6) is 0 Å². The van der Waals surface area contributed by atoms with Crippen molar-refractivity contribution in [2.24, 2.45) is 5.92 Å². The second kappa shape index (κ2) is 14.9. The molecule has 4 fully saturated rings. The zero-order valence-corrected chi connectivity index (χ0v) is 32.1. The number of anilines is 3. The van der Waals surface area contributed by atoms with Gasteiger partial charge in [0.2, 0.25) is 11.8 Å². The van der Waals surface area contributed by atoms with Crippen molar-refractivity contribution in [1.29, 1.82) is 5.26 Å². The van der Waals surface area contributed by atoms with Gasteiger partial charge in [-0.1, -0.05) is 23.7 Å². The molecule has 0 aliphatic carbocycles. The number of amides is 4. The molecule has 0 spiro atoms. The van der Waals surface area contributed by atoms with Crippen molar-refractivity contribution >= 4 is 63.2 Å². The van der Waals surface area contributed by atoms with E-state index < -0.39 is 23.8 Å². The summed E-state index contributed by atoms with van der Waals surface area (Å²) < 4.78 is 0. The van der Waals surface area contributed by atoms with Crippen molar-refractivity contribution in [3.63, 3.8) is 0 Å². The number of piperidine rings is 3. The lowest BCUT2D eigenvalue weighted by molar-refractivity contribution is -0.136. The first-order chi connectivity index (χ1) is 27.2. The predicted octanol–water partition coefficient (Wildman–Crippen LogP) is 5.52. The molecule has 2 N–H and O–H groups in total. The molecule has 3 aromatic carbocycles. The molecule has 0 bridgehead atoms. The Bertz CT molecular complexity index is 2240. The third-order valence-electron chi connectivity index (χ3n) is 12.7. The summed E-state index contributed by atoms with van der Waals surface area (Å²) in [6.07, 6.45) is 6.49. The second-order valence-corrected chi connectivity index (χ2v) is 16.3. The molecular weight excluding hydrogens is 728 g/mol. The molecule has 5 aliphatic heterocycles. The molecule has 5 aliphatic rings. The average molecular weight is 773 g/mol. The normalized spacial score (nSPS) is 21.5. The molecule has 9 rings (SSSR count). The Morgan fingerprint density at radius 1 is 0.732 bits per heavy atom. The summed E-state index contributed by atoms with van der Waals surface area (Å²) in [7, 11) is 0. The van der Waals surface area contributed by atoms with Gasteiger partial charge in [0.25, 0.3) is 11.8 Å². The van der Waals surface area contributed by atoms with Crippen molar-refractivity contribution in [2.45, 2.75) is 50.5 Å².